The molecule has 1 saturated heterocycles. The molecule has 1 aliphatic heterocycles. The van der Waals surface area contributed by atoms with Gasteiger partial charge in [-0.3, -0.25) is 4.98 Å². The SMILES string of the molecule is NC1CCC(Cc2cc(-c3nc(NCC4CCOCC4)ccc3Cl)ccn2)CC1. The molecule has 0 radical (unpaired) electrons. The summed E-state index contributed by atoms with van der Waals surface area (Å²) in [6.07, 6.45) is 9.71. The molecule has 0 unspecified atom stereocenters. The molecule has 29 heavy (non-hydrogen) atoms. The van der Waals surface area contributed by atoms with Crippen LogP contribution in [0.2, 0.25) is 5.02 Å². The number of nitrogens with two attached hydrogens (primary N) is 1. The standard InChI is InChI=1S/C23H31ClN4O/c24-21-5-6-22(27-15-17-8-11-29-12-9-17)28-23(21)18-7-10-26-20(14-18)13-16-1-3-19(25)4-2-16/h5-7,10,14,16-17,19H,1-4,8-9,11-13,15,25H2,(H,27,28). The van der Waals surface area contributed by atoms with E-state index in [1.54, 1.807) is 0 Å². The van der Waals surface area contributed by atoms with Gasteiger partial charge in [-0.25, -0.2) is 4.98 Å². The minimum absolute atomic E-state index is 0.380. The van der Waals surface area contributed by atoms with Gasteiger partial charge in [-0.1, -0.05) is 11.6 Å². The van der Waals surface area contributed by atoms with Crippen LogP contribution in [0.5, 0.6) is 0 Å². The molecular weight excluding hydrogens is 384 g/mol. The van der Waals surface area contributed by atoms with E-state index in [4.69, 9.17) is 27.1 Å². The summed E-state index contributed by atoms with van der Waals surface area (Å²) in [6, 6.07) is 8.41. The molecule has 5 nitrogen and oxygen atoms in total. The molecule has 3 heterocycles. The van der Waals surface area contributed by atoms with E-state index in [0.717, 1.165) is 74.6 Å². The van der Waals surface area contributed by atoms with Crippen LogP contribution < -0.4 is 11.1 Å². The molecule has 6 heteroatoms. The normalized spacial score (nSPS) is 23.1. The van der Waals surface area contributed by atoms with Gasteiger partial charge >= 0.3 is 0 Å². The molecule has 2 aliphatic rings. The smallest absolute Gasteiger partial charge is 0.126 e. The highest BCUT2D eigenvalue weighted by Crippen LogP contribution is 2.30. The van der Waals surface area contributed by atoms with Crippen LogP contribution in [0.3, 0.4) is 0 Å². The number of hydrogen-bond donors (Lipinski definition) is 2. The first-order chi connectivity index (χ1) is 14.2. The Balaban J connectivity index is 1.44. The maximum atomic E-state index is 6.50. The molecule has 156 valence electrons. The van der Waals surface area contributed by atoms with Crippen LogP contribution in [0, 0.1) is 11.8 Å². The third-order valence-electron chi connectivity index (χ3n) is 6.24. The Kier molecular flexibility index (Phi) is 7.01. The fraction of sp³-hybridized carbons (Fsp3) is 0.565. The van der Waals surface area contributed by atoms with Crippen molar-refractivity contribution in [3.05, 3.63) is 41.2 Å². The molecule has 2 fully saturated rings. The van der Waals surface area contributed by atoms with Gasteiger partial charge in [-0.05, 0) is 81.0 Å². The second-order valence-electron chi connectivity index (χ2n) is 8.48. The quantitative estimate of drug-likeness (QED) is 0.716. The van der Waals surface area contributed by atoms with Crippen molar-refractivity contribution in [2.24, 2.45) is 17.6 Å². The molecule has 0 aromatic carbocycles. The number of hydrogen-bond acceptors (Lipinski definition) is 5. The van der Waals surface area contributed by atoms with E-state index in [-0.39, 0.29) is 0 Å². The van der Waals surface area contributed by atoms with E-state index in [0.29, 0.717) is 22.9 Å². The Morgan fingerprint density at radius 3 is 2.62 bits per heavy atom. The molecule has 3 N–H and O–H groups in total. The van der Waals surface area contributed by atoms with Gasteiger partial charge in [0.1, 0.15) is 5.82 Å². The van der Waals surface area contributed by atoms with Crippen LogP contribution >= 0.6 is 11.6 Å². The lowest BCUT2D eigenvalue weighted by Gasteiger charge is -2.25. The van der Waals surface area contributed by atoms with Crippen molar-refractivity contribution in [1.29, 1.82) is 0 Å². The number of aromatic nitrogens is 2. The summed E-state index contributed by atoms with van der Waals surface area (Å²) in [4.78, 5) is 9.40. The highest BCUT2D eigenvalue weighted by Gasteiger charge is 2.20. The molecule has 2 aromatic heterocycles. The molecule has 0 bridgehead atoms. The zero-order chi connectivity index (χ0) is 20.1. The second kappa shape index (κ2) is 9.88. The molecule has 1 aliphatic carbocycles. The number of anilines is 1. The Hall–Kier alpha value is -1.69. The summed E-state index contributed by atoms with van der Waals surface area (Å²) in [6.45, 7) is 2.64. The van der Waals surface area contributed by atoms with Gasteiger partial charge in [0.25, 0.3) is 0 Å². The molecule has 0 amide bonds. The summed E-state index contributed by atoms with van der Waals surface area (Å²) in [5.74, 6) is 2.18. The minimum atomic E-state index is 0.380. The predicted octanol–water partition coefficient (Wildman–Crippen LogP) is 4.70. The van der Waals surface area contributed by atoms with Crippen LogP contribution in [0.1, 0.15) is 44.2 Å². The highest BCUT2D eigenvalue weighted by atomic mass is 35.5. The van der Waals surface area contributed by atoms with E-state index in [1.807, 2.05) is 24.4 Å². The fourth-order valence-electron chi connectivity index (χ4n) is 4.37. The fourth-order valence-corrected chi connectivity index (χ4v) is 4.58. The lowest BCUT2D eigenvalue weighted by atomic mass is 9.83. The van der Waals surface area contributed by atoms with E-state index in [2.05, 4.69) is 16.4 Å². The first kappa shape index (κ1) is 20.6. The van der Waals surface area contributed by atoms with Gasteiger partial charge in [0.15, 0.2) is 0 Å². The van der Waals surface area contributed by atoms with Gasteiger partial charge < -0.3 is 15.8 Å². The Morgan fingerprint density at radius 2 is 1.83 bits per heavy atom. The van der Waals surface area contributed by atoms with Gasteiger partial charge in [-0.15, -0.1) is 0 Å². The average molecular weight is 415 g/mol. The van der Waals surface area contributed by atoms with Crippen LogP contribution in [-0.4, -0.2) is 35.8 Å². The summed E-state index contributed by atoms with van der Waals surface area (Å²) < 4.78 is 5.44. The lowest BCUT2D eigenvalue weighted by Crippen LogP contribution is -2.27. The topological polar surface area (TPSA) is 73.1 Å². The largest absolute Gasteiger partial charge is 0.381 e. The van der Waals surface area contributed by atoms with Crippen LogP contribution in [0.4, 0.5) is 5.82 Å². The number of nitrogens with zero attached hydrogens (tertiary/aromatic N) is 2. The maximum absolute atomic E-state index is 6.50. The lowest BCUT2D eigenvalue weighted by molar-refractivity contribution is 0.0699. The van der Waals surface area contributed by atoms with Crippen LogP contribution in [0.25, 0.3) is 11.3 Å². The highest BCUT2D eigenvalue weighted by molar-refractivity contribution is 6.33. The van der Waals surface area contributed by atoms with Crippen molar-refractivity contribution < 1.29 is 4.74 Å². The third kappa shape index (κ3) is 5.68. The monoisotopic (exact) mass is 414 g/mol. The first-order valence-corrected chi connectivity index (χ1v) is 11.2. The molecule has 0 spiro atoms. The molecule has 0 atom stereocenters. The summed E-state index contributed by atoms with van der Waals surface area (Å²) in [7, 11) is 0. The van der Waals surface area contributed by atoms with Gasteiger partial charge in [0.05, 0.1) is 10.7 Å². The Bertz CT molecular complexity index is 801. The molecule has 1 saturated carbocycles. The van der Waals surface area contributed by atoms with Gasteiger partial charge in [-0.2, -0.15) is 0 Å². The second-order valence-corrected chi connectivity index (χ2v) is 8.89. The Labute approximate surface area is 178 Å². The van der Waals surface area contributed by atoms with Gasteiger partial charge in [0, 0.05) is 43.3 Å². The molecule has 4 rings (SSSR count). The number of nitrogens with one attached hydrogen (secondary N) is 1. The zero-order valence-electron chi connectivity index (χ0n) is 16.9. The van der Waals surface area contributed by atoms with E-state index >= 15 is 0 Å². The maximum Gasteiger partial charge on any atom is 0.126 e. The van der Waals surface area contributed by atoms with Crippen LogP contribution in [0.15, 0.2) is 30.5 Å². The average Bonchev–Trinajstić information content (AvgIpc) is 2.76. The zero-order valence-corrected chi connectivity index (χ0v) is 17.7. The minimum Gasteiger partial charge on any atom is -0.381 e. The summed E-state index contributed by atoms with van der Waals surface area (Å²) in [5.41, 5.74) is 9.00. The Morgan fingerprint density at radius 1 is 1.03 bits per heavy atom. The van der Waals surface area contributed by atoms with Crippen molar-refractivity contribution in [2.75, 3.05) is 25.1 Å². The number of rotatable bonds is 6. The van der Waals surface area contributed by atoms with Crippen molar-refractivity contribution in [3.8, 4) is 11.3 Å². The van der Waals surface area contributed by atoms with E-state index in [1.165, 1.54) is 12.8 Å². The first-order valence-electron chi connectivity index (χ1n) is 10.9. The van der Waals surface area contributed by atoms with Crippen molar-refractivity contribution >= 4 is 17.4 Å². The van der Waals surface area contributed by atoms with Gasteiger partial charge in [0.2, 0.25) is 0 Å². The number of ether oxygens (including phenoxy) is 1. The summed E-state index contributed by atoms with van der Waals surface area (Å²) >= 11 is 6.50. The molecular formula is C23H31ClN4O. The number of pyridine rings is 2. The van der Waals surface area contributed by atoms with E-state index < -0.39 is 0 Å². The summed E-state index contributed by atoms with van der Waals surface area (Å²) in [5, 5.41) is 4.15. The predicted molar refractivity (Wildman–Crippen MR) is 118 cm³/mol. The third-order valence-corrected chi connectivity index (χ3v) is 6.54. The van der Waals surface area contributed by atoms with Crippen molar-refractivity contribution in [1.82, 2.24) is 9.97 Å². The number of halogens is 1. The van der Waals surface area contributed by atoms with E-state index in [9.17, 15) is 0 Å². The molecule has 2 aromatic rings. The van der Waals surface area contributed by atoms with Crippen molar-refractivity contribution in [3.63, 3.8) is 0 Å². The van der Waals surface area contributed by atoms with Crippen molar-refractivity contribution in [2.45, 2.75) is 51.0 Å². The van der Waals surface area contributed by atoms with Crippen LogP contribution in [-0.2, 0) is 11.2 Å².